The molecular formula is C20H25NO4S. The Hall–Kier alpha value is -2.34. The number of anilines is 1. The molecule has 1 amide bonds. The number of carbonyl (C=O) groups excluding carboxylic acids is 2. The van der Waals surface area contributed by atoms with Crippen LogP contribution in [0.25, 0.3) is 0 Å². The van der Waals surface area contributed by atoms with Gasteiger partial charge >= 0.3 is 5.97 Å². The number of carbonyl (C=O) groups is 2. The summed E-state index contributed by atoms with van der Waals surface area (Å²) in [7, 11) is 0. The predicted molar refractivity (Wildman–Crippen MR) is 104 cm³/mol. The smallest absolute Gasteiger partial charge is 0.341 e. The minimum atomic E-state index is -0.639. The molecule has 1 heterocycles. The molecule has 0 saturated heterocycles. The Bertz CT molecular complexity index is 755. The maximum atomic E-state index is 12.7. The number of esters is 1. The number of benzene rings is 1. The van der Waals surface area contributed by atoms with Crippen LogP contribution in [-0.2, 0) is 16.0 Å². The lowest BCUT2D eigenvalue weighted by molar-refractivity contribution is -0.122. The lowest BCUT2D eigenvalue weighted by Gasteiger charge is -2.17. The average molecular weight is 375 g/mol. The third kappa shape index (κ3) is 4.64. The molecule has 0 spiro atoms. The van der Waals surface area contributed by atoms with Crippen molar-refractivity contribution in [2.75, 3.05) is 11.9 Å². The fraction of sp³-hybridized carbons (Fsp3) is 0.400. The van der Waals surface area contributed by atoms with E-state index in [-0.39, 0.29) is 5.91 Å². The van der Waals surface area contributed by atoms with Crippen molar-refractivity contribution >= 4 is 28.2 Å². The summed E-state index contributed by atoms with van der Waals surface area (Å²) in [4.78, 5) is 26.1. The van der Waals surface area contributed by atoms with Crippen LogP contribution in [0.1, 0.15) is 48.0 Å². The third-order valence-corrected chi connectivity index (χ3v) is 5.03. The van der Waals surface area contributed by atoms with Gasteiger partial charge in [-0.05, 0) is 44.4 Å². The van der Waals surface area contributed by atoms with Crippen LogP contribution in [0, 0.1) is 6.92 Å². The highest BCUT2D eigenvalue weighted by atomic mass is 32.1. The fourth-order valence-corrected chi connectivity index (χ4v) is 3.83. The molecule has 140 valence electrons. The maximum Gasteiger partial charge on any atom is 0.341 e. The summed E-state index contributed by atoms with van der Waals surface area (Å²) >= 11 is 1.39. The highest BCUT2D eigenvalue weighted by Gasteiger charge is 2.26. The van der Waals surface area contributed by atoms with E-state index in [4.69, 9.17) is 9.47 Å². The topological polar surface area (TPSA) is 64.6 Å². The molecule has 2 aromatic rings. The van der Waals surface area contributed by atoms with E-state index < -0.39 is 12.1 Å². The molecule has 0 unspecified atom stereocenters. The quantitative estimate of drug-likeness (QED) is 0.685. The first-order valence-corrected chi connectivity index (χ1v) is 9.65. The standard InChI is InChI=1S/C20H25NO4S/c1-5-15-13(4)26-19(17(15)20(23)24-7-3)21-18(22)16(6-2)25-14-11-9-8-10-12-14/h8-12,16H,5-7H2,1-4H3,(H,21,22)/t16-/m0/s1. The first-order valence-electron chi connectivity index (χ1n) is 8.83. The van der Waals surface area contributed by atoms with Crippen LogP contribution in [0.5, 0.6) is 5.75 Å². The summed E-state index contributed by atoms with van der Waals surface area (Å²) < 4.78 is 11.0. The number of rotatable bonds is 8. The number of ether oxygens (including phenoxy) is 2. The van der Waals surface area contributed by atoms with E-state index in [1.54, 1.807) is 6.92 Å². The first kappa shape index (κ1) is 20.0. The van der Waals surface area contributed by atoms with Crippen LogP contribution in [0.2, 0.25) is 0 Å². The van der Waals surface area contributed by atoms with Gasteiger partial charge in [0.1, 0.15) is 10.8 Å². The molecule has 0 radical (unpaired) electrons. The van der Waals surface area contributed by atoms with Gasteiger partial charge in [0, 0.05) is 4.88 Å². The number of hydrogen-bond donors (Lipinski definition) is 1. The normalized spacial score (nSPS) is 11.7. The second-order valence-electron chi connectivity index (χ2n) is 5.73. The summed E-state index contributed by atoms with van der Waals surface area (Å²) in [6.07, 6.45) is 0.574. The second-order valence-corrected chi connectivity index (χ2v) is 6.96. The van der Waals surface area contributed by atoms with Crippen molar-refractivity contribution < 1.29 is 19.1 Å². The lowest BCUT2D eigenvalue weighted by atomic mass is 10.1. The summed E-state index contributed by atoms with van der Waals surface area (Å²) in [6, 6.07) is 9.22. The van der Waals surface area contributed by atoms with Gasteiger partial charge in [0.05, 0.1) is 12.2 Å². The van der Waals surface area contributed by atoms with Gasteiger partial charge in [-0.1, -0.05) is 32.0 Å². The number of para-hydroxylation sites is 1. The van der Waals surface area contributed by atoms with Gasteiger partial charge in [-0.25, -0.2) is 4.79 Å². The molecule has 0 aliphatic heterocycles. The van der Waals surface area contributed by atoms with Gasteiger partial charge in [0.2, 0.25) is 0 Å². The van der Waals surface area contributed by atoms with Gasteiger partial charge in [0.15, 0.2) is 6.10 Å². The van der Waals surface area contributed by atoms with E-state index in [0.29, 0.717) is 35.8 Å². The van der Waals surface area contributed by atoms with Crippen molar-refractivity contribution in [3.05, 3.63) is 46.3 Å². The van der Waals surface area contributed by atoms with E-state index in [9.17, 15) is 9.59 Å². The number of hydrogen-bond acceptors (Lipinski definition) is 5. The van der Waals surface area contributed by atoms with Crippen molar-refractivity contribution in [3.8, 4) is 5.75 Å². The maximum absolute atomic E-state index is 12.7. The highest BCUT2D eigenvalue weighted by Crippen LogP contribution is 2.34. The molecule has 0 aliphatic rings. The van der Waals surface area contributed by atoms with Crippen molar-refractivity contribution in [1.82, 2.24) is 0 Å². The van der Waals surface area contributed by atoms with Crippen molar-refractivity contribution in [3.63, 3.8) is 0 Å². The van der Waals surface area contributed by atoms with Crippen LogP contribution >= 0.6 is 11.3 Å². The molecule has 0 aliphatic carbocycles. The third-order valence-electron chi connectivity index (χ3n) is 3.96. The lowest BCUT2D eigenvalue weighted by Crippen LogP contribution is -2.32. The minimum absolute atomic E-state index is 0.272. The Labute approximate surface area is 158 Å². The van der Waals surface area contributed by atoms with E-state index in [1.807, 2.05) is 51.1 Å². The van der Waals surface area contributed by atoms with E-state index in [0.717, 1.165) is 10.4 Å². The van der Waals surface area contributed by atoms with Gasteiger partial charge in [-0.2, -0.15) is 0 Å². The van der Waals surface area contributed by atoms with Gasteiger partial charge in [0.25, 0.3) is 5.91 Å². The summed E-state index contributed by atoms with van der Waals surface area (Å²) in [5.74, 6) is -0.0384. The number of aryl methyl sites for hydroxylation is 1. The molecule has 1 atom stereocenters. The Morgan fingerprint density at radius 1 is 1.15 bits per heavy atom. The molecule has 26 heavy (non-hydrogen) atoms. The molecule has 0 saturated carbocycles. The molecule has 6 heteroatoms. The minimum Gasteiger partial charge on any atom is -0.481 e. The van der Waals surface area contributed by atoms with Gasteiger partial charge in [-0.15, -0.1) is 11.3 Å². The first-order chi connectivity index (χ1) is 12.5. The summed E-state index contributed by atoms with van der Waals surface area (Å²) in [5.41, 5.74) is 1.38. The Morgan fingerprint density at radius 2 is 1.85 bits per heavy atom. The molecule has 0 bridgehead atoms. The largest absolute Gasteiger partial charge is 0.481 e. The van der Waals surface area contributed by atoms with Crippen LogP contribution in [0.4, 0.5) is 5.00 Å². The van der Waals surface area contributed by atoms with Crippen LogP contribution < -0.4 is 10.1 Å². The summed E-state index contributed by atoms with van der Waals surface area (Å²) in [5, 5.41) is 3.40. The van der Waals surface area contributed by atoms with E-state index in [1.165, 1.54) is 11.3 Å². The zero-order valence-corrected chi connectivity index (χ0v) is 16.4. The molecule has 0 fully saturated rings. The molecule has 1 aromatic carbocycles. The fourth-order valence-electron chi connectivity index (χ4n) is 2.69. The van der Waals surface area contributed by atoms with Crippen LogP contribution in [0.15, 0.2) is 30.3 Å². The zero-order valence-electron chi connectivity index (χ0n) is 15.6. The molecule has 2 rings (SSSR count). The van der Waals surface area contributed by atoms with Crippen LogP contribution in [0.3, 0.4) is 0 Å². The second kappa shape index (κ2) is 9.38. The Kier molecular flexibility index (Phi) is 7.21. The number of amides is 1. The molecule has 1 N–H and O–H groups in total. The van der Waals surface area contributed by atoms with Gasteiger partial charge in [-0.3, -0.25) is 4.79 Å². The van der Waals surface area contributed by atoms with E-state index in [2.05, 4.69) is 5.32 Å². The van der Waals surface area contributed by atoms with Crippen molar-refractivity contribution in [2.45, 2.75) is 46.6 Å². The Balaban J connectivity index is 2.23. The predicted octanol–water partition coefficient (Wildman–Crippen LogP) is 4.59. The van der Waals surface area contributed by atoms with Crippen molar-refractivity contribution in [1.29, 1.82) is 0 Å². The highest BCUT2D eigenvalue weighted by molar-refractivity contribution is 7.16. The SMILES string of the molecule is CCOC(=O)c1c(NC(=O)[C@H](CC)Oc2ccccc2)sc(C)c1CC. The average Bonchev–Trinajstić information content (AvgIpc) is 2.95. The zero-order chi connectivity index (χ0) is 19.1. The number of nitrogens with one attached hydrogen (secondary N) is 1. The molecule has 5 nitrogen and oxygen atoms in total. The van der Waals surface area contributed by atoms with Gasteiger partial charge < -0.3 is 14.8 Å². The monoisotopic (exact) mass is 375 g/mol. The summed E-state index contributed by atoms with van der Waals surface area (Å²) in [6.45, 7) is 7.87. The Morgan fingerprint density at radius 3 is 2.42 bits per heavy atom. The van der Waals surface area contributed by atoms with E-state index >= 15 is 0 Å². The molecular weight excluding hydrogens is 350 g/mol. The number of thiophene rings is 1. The van der Waals surface area contributed by atoms with Crippen molar-refractivity contribution in [2.24, 2.45) is 0 Å². The molecule has 1 aromatic heterocycles. The van der Waals surface area contributed by atoms with Crippen LogP contribution in [-0.4, -0.2) is 24.6 Å².